The topological polar surface area (TPSA) is 30.7 Å². The number of hydrogen-bond acceptors (Lipinski definition) is 3. The lowest BCUT2D eigenvalue weighted by molar-refractivity contribution is 0.986. The van der Waals surface area contributed by atoms with Crippen molar-refractivity contribution in [2.75, 3.05) is 0 Å². The molecule has 0 spiro atoms. The third-order valence-corrected chi connectivity index (χ3v) is 8.08. The van der Waals surface area contributed by atoms with E-state index in [1.807, 2.05) is 6.20 Å². The van der Waals surface area contributed by atoms with Gasteiger partial charge in [0.2, 0.25) is 0 Å². The van der Waals surface area contributed by atoms with Gasteiger partial charge in [0, 0.05) is 36.2 Å². The lowest BCUT2D eigenvalue weighted by Crippen LogP contribution is -2.01. The number of rotatable bonds is 1. The van der Waals surface area contributed by atoms with Gasteiger partial charge in [0.25, 0.3) is 0 Å². The summed E-state index contributed by atoms with van der Waals surface area (Å²) in [6.07, 6.45) is 1.92. The lowest BCUT2D eigenvalue weighted by Gasteiger charge is -2.07. The first-order chi connectivity index (χ1) is 17.9. The second kappa shape index (κ2) is 7.48. The summed E-state index contributed by atoms with van der Waals surface area (Å²) in [4.78, 5) is 10.5. The number of benzene rings is 4. The van der Waals surface area contributed by atoms with Crippen molar-refractivity contribution in [1.82, 2.24) is 14.5 Å². The molecule has 0 saturated heterocycles. The van der Waals surface area contributed by atoms with Gasteiger partial charge in [-0.15, -0.1) is 11.3 Å². The van der Waals surface area contributed by atoms with E-state index < -0.39 is 0 Å². The highest BCUT2D eigenvalue weighted by Crippen LogP contribution is 2.31. The van der Waals surface area contributed by atoms with E-state index in [1.54, 1.807) is 11.3 Å². The van der Waals surface area contributed by atoms with Gasteiger partial charge in [0.15, 0.2) is 5.82 Å². The van der Waals surface area contributed by atoms with Crippen molar-refractivity contribution in [3.63, 3.8) is 0 Å². The first-order valence-electron chi connectivity index (χ1n) is 12.0. The van der Waals surface area contributed by atoms with Gasteiger partial charge in [-0.05, 0) is 28.8 Å². The Morgan fingerprint density at radius 3 is 1.83 bits per heavy atom. The first-order valence-corrected chi connectivity index (χ1v) is 12.9. The van der Waals surface area contributed by atoms with Crippen molar-refractivity contribution < 1.29 is 0 Å². The Morgan fingerprint density at radius 1 is 0.528 bits per heavy atom. The largest absolute Gasteiger partial charge is 0.292 e. The maximum absolute atomic E-state index is 5.36. The Hall–Kier alpha value is -4.54. The number of hydrogen-bond donors (Lipinski definition) is 0. The van der Waals surface area contributed by atoms with E-state index in [4.69, 9.17) is 9.97 Å². The molecule has 168 valence electrons. The summed E-state index contributed by atoms with van der Waals surface area (Å²) < 4.78 is 3.51. The average Bonchev–Trinajstić information content (AvgIpc) is 3.55. The molecule has 4 aromatic carbocycles. The maximum Gasteiger partial charge on any atom is 0.156 e. The molecule has 0 amide bonds. The van der Waals surface area contributed by atoms with E-state index in [2.05, 4.69) is 113 Å². The third kappa shape index (κ3) is 2.67. The molecule has 0 bridgehead atoms. The minimum atomic E-state index is 0.824. The minimum Gasteiger partial charge on any atom is -0.292 e. The number of nitrogens with zero attached hydrogens (tertiary/aromatic N) is 3. The Kier molecular flexibility index (Phi) is 4.10. The third-order valence-electron chi connectivity index (χ3n) is 7.13. The molecule has 0 N–H and O–H groups in total. The van der Waals surface area contributed by atoms with E-state index in [-0.39, 0.29) is 0 Å². The molecule has 3 heterocycles. The standard InChI is InChI=1S/C32H19N3S/c1-2-12-23-20(9-1)26-17-18-36-32(26)25-14-4-3-13-24(25)30-31(23)34-29(19-33-30)35-27-15-7-5-10-21(27)22-11-6-8-16-28(22)35/h1-19H/b26-20-,30-24+,31-23+,32-25+. The van der Waals surface area contributed by atoms with E-state index in [0.29, 0.717) is 0 Å². The summed E-state index contributed by atoms with van der Waals surface area (Å²) in [7, 11) is 0. The van der Waals surface area contributed by atoms with Gasteiger partial charge < -0.3 is 0 Å². The van der Waals surface area contributed by atoms with Gasteiger partial charge in [0.05, 0.1) is 27.9 Å². The fraction of sp³-hybridized carbons (Fsp3) is 0. The minimum absolute atomic E-state index is 0.824. The Bertz CT molecular complexity index is 2330. The number of fused-ring (bicyclic) bond motifs is 7. The predicted octanol–water partition coefficient (Wildman–Crippen LogP) is 7.10. The van der Waals surface area contributed by atoms with Gasteiger partial charge in [-0.3, -0.25) is 9.55 Å². The molecule has 36 heavy (non-hydrogen) atoms. The van der Waals surface area contributed by atoms with Crippen molar-refractivity contribution in [3.05, 3.63) is 156 Å². The molecule has 0 aliphatic heterocycles. The molecule has 0 fully saturated rings. The molecule has 1 aliphatic carbocycles. The highest BCUT2D eigenvalue weighted by atomic mass is 32.1. The molecule has 3 aromatic heterocycles. The zero-order chi connectivity index (χ0) is 23.6. The van der Waals surface area contributed by atoms with Crippen molar-refractivity contribution in [3.8, 4) is 5.82 Å². The zero-order valence-electron chi connectivity index (χ0n) is 19.2. The summed E-state index contributed by atoms with van der Waals surface area (Å²) in [6.45, 7) is 0. The summed E-state index contributed by atoms with van der Waals surface area (Å²) in [5.41, 5.74) is 2.26. The molecule has 0 saturated carbocycles. The maximum atomic E-state index is 5.36. The Balaban J connectivity index is 1.68. The van der Waals surface area contributed by atoms with Crippen LogP contribution in [0.25, 0.3) is 27.6 Å². The number of thiophene rings is 1. The fourth-order valence-electron chi connectivity index (χ4n) is 5.58. The molecule has 4 heteroatoms. The second-order valence-electron chi connectivity index (χ2n) is 9.05. The average molecular weight is 478 g/mol. The SMILES string of the molecule is c1ccc2/c(c1)=c1/ccs/c1=c1\cccc\c1=c1/ncc(-n3c4ccccc4c4ccccc43)n/c1=2. The summed E-state index contributed by atoms with van der Waals surface area (Å²) in [5.74, 6) is 0.824. The Morgan fingerprint density at radius 2 is 1.11 bits per heavy atom. The van der Waals surface area contributed by atoms with Crippen LogP contribution < -0.4 is 0 Å². The van der Waals surface area contributed by atoms with Crippen LogP contribution in [-0.2, 0) is 0 Å². The molecule has 7 aromatic rings. The Labute approximate surface area is 209 Å². The molecule has 0 radical (unpaired) electrons. The highest BCUT2D eigenvalue weighted by molar-refractivity contribution is 7.08. The van der Waals surface area contributed by atoms with Crippen LogP contribution in [0.15, 0.2) is 115 Å². The van der Waals surface area contributed by atoms with Crippen molar-refractivity contribution in [2.45, 2.75) is 0 Å². The quantitative estimate of drug-likeness (QED) is 0.253. The van der Waals surface area contributed by atoms with Gasteiger partial charge in [-0.2, -0.15) is 0 Å². The normalized spacial score (nSPS) is 15.9. The van der Waals surface area contributed by atoms with E-state index >= 15 is 0 Å². The summed E-state index contributed by atoms with van der Waals surface area (Å²) >= 11 is 1.78. The van der Waals surface area contributed by atoms with Gasteiger partial charge in [-0.1, -0.05) is 84.9 Å². The number of aromatic nitrogens is 3. The molecular weight excluding hydrogens is 458 g/mol. The summed E-state index contributed by atoms with van der Waals surface area (Å²) in [6, 6.07) is 36.4. The van der Waals surface area contributed by atoms with Crippen LogP contribution in [0, 0.1) is 41.3 Å². The highest BCUT2D eigenvalue weighted by Gasteiger charge is 2.13. The molecule has 1 aliphatic rings. The first kappa shape index (κ1) is 19.7. The van der Waals surface area contributed by atoms with Crippen LogP contribution in [0.5, 0.6) is 0 Å². The van der Waals surface area contributed by atoms with Crippen molar-refractivity contribution in [2.24, 2.45) is 0 Å². The summed E-state index contributed by atoms with van der Waals surface area (Å²) in [5, 5.41) is 12.3. The zero-order valence-corrected chi connectivity index (χ0v) is 20.0. The molecule has 8 rings (SSSR count). The van der Waals surface area contributed by atoms with Gasteiger partial charge in [0.1, 0.15) is 0 Å². The van der Waals surface area contributed by atoms with E-state index in [0.717, 1.165) is 38.0 Å². The predicted molar refractivity (Wildman–Crippen MR) is 144 cm³/mol. The molecular formula is C32H19N3S. The molecule has 0 unspecified atom stereocenters. The van der Waals surface area contributed by atoms with Crippen LogP contribution in [0.3, 0.4) is 0 Å². The van der Waals surface area contributed by atoms with E-state index in [1.165, 1.54) is 31.0 Å². The van der Waals surface area contributed by atoms with Crippen LogP contribution >= 0.6 is 11.3 Å². The number of para-hydroxylation sites is 2. The smallest absolute Gasteiger partial charge is 0.156 e. The second-order valence-corrected chi connectivity index (χ2v) is 9.97. The van der Waals surface area contributed by atoms with Gasteiger partial charge in [-0.25, -0.2) is 4.98 Å². The van der Waals surface area contributed by atoms with E-state index in [9.17, 15) is 0 Å². The van der Waals surface area contributed by atoms with Crippen LogP contribution in [0.4, 0.5) is 0 Å². The molecule has 0 atom stereocenters. The molecule has 3 nitrogen and oxygen atoms in total. The van der Waals surface area contributed by atoms with Crippen LogP contribution in [0.2, 0.25) is 0 Å². The van der Waals surface area contributed by atoms with Crippen LogP contribution in [-0.4, -0.2) is 14.5 Å². The fourth-order valence-corrected chi connectivity index (χ4v) is 6.53. The van der Waals surface area contributed by atoms with Gasteiger partial charge >= 0.3 is 0 Å². The van der Waals surface area contributed by atoms with Crippen LogP contribution in [0.1, 0.15) is 0 Å². The van der Waals surface area contributed by atoms with Crippen molar-refractivity contribution >= 4 is 33.1 Å². The lowest BCUT2D eigenvalue weighted by atomic mass is 10.1. The van der Waals surface area contributed by atoms with Crippen molar-refractivity contribution in [1.29, 1.82) is 0 Å². The monoisotopic (exact) mass is 477 g/mol.